The fourth-order valence-corrected chi connectivity index (χ4v) is 3.90. The van der Waals surface area contributed by atoms with Crippen LogP contribution in [0.5, 0.6) is 0 Å². The maximum Gasteiger partial charge on any atom is 0.291 e. The molecule has 3 aromatic rings. The molecule has 1 aliphatic rings. The molecule has 2 unspecified atom stereocenters. The van der Waals surface area contributed by atoms with Gasteiger partial charge in [-0.3, -0.25) is 4.79 Å². The van der Waals surface area contributed by atoms with E-state index in [9.17, 15) is 9.18 Å². The molecule has 27 heavy (non-hydrogen) atoms. The van der Waals surface area contributed by atoms with Gasteiger partial charge in [-0.15, -0.1) is 16.4 Å². The Hall–Kier alpha value is -2.58. The van der Waals surface area contributed by atoms with Gasteiger partial charge in [-0.05, 0) is 61.1 Å². The Bertz CT molecular complexity index is 922. The largest absolute Gasteiger partial charge is 0.346 e. The van der Waals surface area contributed by atoms with E-state index in [0.717, 1.165) is 24.4 Å². The van der Waals surface area contributed by atoms with Crippen LogP contribution < -0.4 is 10.6 Å². The normalized spacial score (nSPS) is 19.8. The number of hydrogen-bond donors (Lipinski definition) is 2. The standard InChI is InChI=1S/C19H20FN5OS/c1-12-11-21-9-8-15(12)22-19(26)17-23-18(16-3-2-10-27-16)25(24-17)14-6-4-13(20)5-7-14/h2-7,10,12,15,21H,8-9,11H2,1H3,(H,22,26). The Labute approximate surface area is 160 Å². The Morgan fingerprint density at radius 1 is 1.33 bits per heavy atom. The lowest BCUT2D eigenvalue weighted by Gasteiger charge is -2.29. The van der Waals surface area contributed by atoms with Crippen LogP contribution in [0, 0.1) is 11.7 Å². The minimum Gasteiger partial charge on any atom is -0.346 e. The molecule has 2 aromatic heterocycles. The highest BCUT2D eigenvalue weighted by Gasteiger charge is 2.26. The number of aromatic nitrogens is 3. The molecule has 1 amide bonds. The summed E-state index contributed by atoms with van der Waals surface area (Å²) in [5.74, 6) is 0.425. The quantitative estimate of drug-likeness (QED) is 0.724. The Balaban J connectivity index is 1.66. The number of nitrogens with zero attached hydrogens (tertiary/aromatic N) is 3. The van der Waals surface area contributed by atoms with Gasteiger partial charge < -0.3 is 10.6 Å². The predicted molar refractivity (Wildman–Crippen MR) is 103 cm³/mol. The van der Waals surface area contributed by atoms with Gasteiger partial charge in [0, 0.05) is 6.04 Å². The maximum absolute atomic E-state index is 13.3. The molecule has 1 aliphatic heterocycles. The van der Waals surface area contributed by atoms with Crippen LogP contribution in [-0.4, -0.2) is 39.8 Å². The van der Waals surface area contributed by atoms with Crippen LogP contribution in [0.15, 0.2) is 41.8 Å². The highest BCUT2D eigenvalue weighted by atomic mass is 32.1. The average molecular weight is 385 g/mol. The molecule has 1 aromatic carbocycles. The number of nitrogens with one attached hydrogen (secondary N) is 2. The molecule has 0 radical (unpaired) electrons. The van der Waals surface area contributed by atoms with Crippen LogP contribution in [0.25, 0.3) is 16.4 Å². The first kappa shape index (κ1) is 17.8. The Kier molecular flexibility index (Phi) is 5.00. The molecular formula is C19H20FN5OS. The van der Waals surface area contributed by atoms with E-state index in [1.807, 2.05) is 17.5 Å². The molecule has 0 aliphatic carbocycles. The van der Waals surface area contributed by atoms with Crippen LogP contribution >= 0.6 is 11.3 Å². The van der Waals surface area contributed by atoms with Crippen molar-refractivity contribution in [2.75, 3.05) is 13.1 Å². The van der Waals surface area contributed by atoms with Crippen LogP contribution in [0.2, 0.25) is 0 Å². The summed E-state index contributed by atoms with van der Waals surface area (Å²) in [4.78, 5) is 18.1. The van der Waals surface area contributed by atoms with Gasteiger partial charge in [0.25, 0.3) is 5.91 Å². The first-order valence-corrected chi connectivity index (χ1v) is 9.78. The molecule has 4 rings (SSSR count). The van der Waals surface area contributed by atoms with E-state index < -0.39 is 0 Å². The molecule has 0 bridgehead atoms. The molecule has 2 N–H and O–H groups in total. The number of hydrogen-bond acceptors (Lipinski definition) is 5. The Morgan fingerprint density at radius 3 is 2.85 bits per heavy atom. The van der Waals surface area contributed by atoms with E-state index in [4.69, 9.17) is 0 Å². The number of thiophene rings is 1. The second-order valence-electron chi connectivity index (χ2n) is 6.67. The number of carbonyl (C=O) groups is 1. The zero-order valence-electron chi connectivity index (χ0n) is 14.9. The van der Waals surface area contributed by atoms with Gasteiger partial charge in [0.2, 0.25) is 5.82 Å². The topological polar surface area (TPSA) is 71.8 Å². The summed E-state index contributed by atoms with van der Waals surface area (Å²) in [6.45, 7) is 3.87. The zero-order chi connectivity index (χ0) is 18.8. The molecule has 3 heterocycles. The molecular weight excluding hydrogens is 365 g/mol. The molecule has 1 saturated heterocycles. The smallest absolute Gasteiger partial charge is 0.291 e. The lowest BCUT2D eigenvalue weighted by atomic mass is 9.95. The summed E-state index contributed by atoms with van der Waals surface area (Å²) in [6, 6.07) is 9.92. The maximum atomic E-state index is 13.3. The second-order valence-corrected chi connectivity index (χ2v) is 7.62. The fraction of sp³-hybridized carbons (Fsp3) is 0.316. The van der Waals surface area contributed by atoms with Crippen molar-refractivity contribution in [2.45, 2.75) is 19.4 Å². The lowest BCUT2D eigenvalue weighted by molar-refractivity contribution is 0.0903. The van der Waals surface area contributed by atoms with Gasteiger partial charge in [0.05, 0.1) is 10.6 Å². The number of carbonyl (C=O) groups excluding carboxylic acids is 1. The van der Waals surface area contributed by atoms with Gasteiger partial charge in [-0.1, -0.05) is 13.0 Å². The van der Waals surface area contributed by atoms with Gasteiger partial charge in [0.1, 0.15) is 5.82 Å². The van der Waals surface area contributed by atoms with Crippen molar-refractivity contribution in [2.24, 2.45) is 5.92 Å². The molecule has 1 fully saturated rings. The Morgan fingerprint density at radius 2 is 2.15 bits per heavy atom. The van der Waals surface area contributed by atoms with E-state index in [2.05, 4.69) is 27.6 Å². The molecule has 140 valence electrons. The van der Waals surface area contributed by atoms with E-state index >= 15 is 0 Å². The molecule has 0 saturated carbocycles. The summed E-state index contributed by atoms with van der Waals surface area (Å²) in [6.07, 6.45) is 0.878. The van der Waals surface area contributed by atoms with Gasteiger partial charge in [0.15, 0.2) is 5.82 Å². The minimum absolute atomic E-state index is 0.0988. The summed E-state index contributed by atoms with van der Waals surface area (Å²) in [5.41, 5.74) is 0.654. The summed E-state index contributed by atoms with van der Waals surface area (Å²) >= 11 is 1.51. The number of amides is 1. The van der Waals surface area contributed by atoms with Gasteiger partial charge in [-0.25, -0.2) is 14.1 Å². The summed E-state index contributed by atoms with van der Waals surface area (Å²) in [5, 5.41) is 12.7. The van der Waals surface area contributed by atoms with Crippen LogP contribution in [0.4, 0.5) is 4.39 Å². The molecule has 6 nitrogen and oxygen atoms in total. The number of rotatable bonds is 4. The van der Waals surface area contributed by atoms with E-state index in [-0.39, 0.29) is 23.6 Å². The third kappa shape index (κ3) is 3.77. The van der Waals surface area contributed by atoms with E-state index in [1.165, 1.54) is 23.5 Å². The first-order valence-electron chi connectivity index (χ1n) is 8.90. The number of piperidine rings is 1. The first-order chi connectivity index (χ1) is 13.1. The fourth-order valence-electron chi connectivity index (χ4n) is 3.20. The van der Waals surface area contributed by atoms with E-state index in [0.29, 0.717) is 17.4 Å². The van der Waals surface area contributed by atoms with Gasteiger partial charge >= 0.3 is 0 Å². The van der Waals surface area contributed by atoms with Crippen LogP contribution in [0.3, 0.4) is 0 Å². The van der Waals surface area contributed by atoms with Crippen LogP contribution in [-0.2, 0) is 0 Å². The monoisotopic (exact) mass is 385 g/mol. The molecule has 0 spiro atoms. The zero-order valence-corrected chi connectivity index (χ0v) is 15.7. The van der Waals surface area contributed by atoms with Crippen molar-refractivity contribution in [1.82, 2.24) is 25.4 Å². The van der Waals surface area contributed by atoms with Crippen molar-refractivity contribution in [3.8, 4) is 16.4 Å². The molecule has 2 atom stereocenters. The SMILES string of the molecule is CC1CNCCC1NC(=O)c1nc(-c2cccs2)n(-c2ccc(F)cc2)n1. The van der Waals surface area contributed by atoms with Gasteiger partial charge in [-0.2, -0.15) is 0 Å². The number of halogens is 1. The summed E-state index contributed by atoms with van der Waals surface area (Å²) in [7, 11) is 0. The average Bonchev–Trinajstić information content (AvgIpc) is 3.33. The third-order valence-electron chi connectivity index (χ3n) is 4.72. The minimum atomic E-state index is -0.325. The second kappa shape index (κ2) is 7.58. The van der Waals surface area contributed by atoms with Crippen molar-refractivity contribution < 1.29 is 9.18 Å². The van der Waals surface area contributed by atoms with Crippen LogP contribution in [0.1, 0.15) is 24.0 Å². The van der Waals surface area contributed by atoms with Crippen molar-refractivity contribution >= 4 is 17.2 Å². The summed E-state index contributed by atoms with van der Waals surface area (Å²) < 4.78 is 14.9. The predicted octanol–water partition coefficient (Wildman–Crippen LogP) is 2.86. The van der Waals surface area contributed by atoms with Crippen molar-refractivity contribution in [3.05, 3.63) is 53.4 Å². The van der Waals surface area contributed by atoms with Crippen molar-refractivity contribution in [1.29, 1.82) is 0 Å². The number of benzene rings is 1. The molecule has 8 heteroatoms. The third-order valence-corrected chi connectivity index (χ3v) is 5.59. The van der Waals surface area contributed by atoms with Crippen molar-refractivity contribution in [3.63, 3.8) is 0 Å². The highest BCUT2D eigenvalue weighted by Crippen LogP contribution is 2.25. The lowest BCUT2D eigenvalue weighted by Crippen LogP contribution is -2.48. The van der Waals surface area contributed by atoms with E-state index in [1.54, 1.807) is 16.8 Å². The highest BCUT2D eigenvalue weighted by molar-refractivity contribution is 7.13.